The lowest BCUT2D eigenvalue weighted by Crippen LogP contribution is -2.13. The molecule has 0 unspecified atom stereocenters. The van der Waals surface area contributed by atoms with E-state index in [1.165, 1.54) is 11.3 Å². The van der Waals surface area contributed by atoms with E-state index in [4.69, 9.17) is 11.6 Å². The van der Waals surface area contributed by atoms with E-state index in [1.807, 2.05) is 37.3 Å². The Morgan fingerprint density at radius 2 is 1.83 bits per heavy atom. The highest BCUT2D eigenvalue weighted by atomic mass is 35.5. The molecule has 0 aliphatic carbocycles. The molecule has 3 nitrogen and oxygen atoms in total. The highest BCUT2D eigenvalue weighted by Gasteiger charge is 2.17. The van der Waals surface area contributed by atoms with Crippen molar-refractivity contribution in [1.29, 1.82) is 0 Å². The van der Waals surface area contributed by atoms with Crippen LogP contribution in [0.25, 0.3) is 11.3 Å². The molecule has 1 heterocycles. The number of carbonyl (C=O) groups is 1. The summed E-state index contributed by atoms with van der Waals surface area (Å²) >= 11 is 7.10. The van der Waals surface area contributed by atoms with Gasteiger partial charge in [-0.3, -0.25) is 10.1 Å². The van der Waals surface area contributed by atoms with E-state index in [-0.39, 0.29) is 10.6 Å². The first-order valence-corrected chi connectivity index (χ1v) is 8.14. The molecule has 122 valence electrons. The molecule has 1 amide bonds. The summed E-state index contributed by atoms with van der Waals surface area (Å²) in [7, 11) is 0. The van der Waals surface area contributed by atoms with Crippen LogP contribution in [0.15, 0.2) is 42.5 Å². The zero-order chi connectivity index (χ0) is 17.3. The normalized spacial score (nSPS) is 10.7. The van der Waals surface area contributed by atoms with Crippen molar-refractivity contribution in [3.63, 3.8) is 0 Å². The highest BCUT2D eigenvalue weighted by molar-refractivity contribution is 7.16. The van der Waals surface area contributed by atoms with Gasteiger partial charge in [0, 0.05) is 10.4 Å². The fourth-order valence-corrected chi connectivity index (χ4v) is 3.24. The lowest BCUT2D eigenvalue weighted by molar-refractivity contribution is 0.102. The van der Waals surface area contributed by atoms with Gasteiger partial charge in [0.2, 0.25) is 0 Å². The molecule has 1 N–H and O–H groups in total. The van der Waals surface area contributed by atoms with Gasteiger partial charge in [-0.25, -0.2) is 13.8 Å². The van der Waals surface area contributed by atoms with Crippen LogP contribution in [0.3, 0.4) is 0 Å². The number of hydrogen-bond acceptors (Lipinski definition) is 3. The second-order valence-electron chi connectivity index (χ2n) is 4.99. The maximum absolute atomic E-state index is 13.3. The molecular weight excluding hydrogens is 354 g/mol. The minimum absolute atomic E-state index is 0.148. The molecular formula is C17H11ClF2N2OS. The zero-order valence-corrected chi connectivity index (χ0v) is 14.0. The molecule has 24 heavy (non-hydrogen) atoms. The van der Waals surface area contributed by atoms with E-state index in [0.717, 1.165) is 28.3 Å². The maximum Gasteiger partial charge on any atom is 0.259 e. The number of aromatic nitrogens is 1. The number of anilines is 1. The molecule has 1 aromatic heterocycles. The van der Waals surface area contributed by atoms with E-state index in [1.54, 1.807) is 0 Å². The quantitative estimate of drug-likeness (QED) is 0.640. The first-order valence-electron chi connectivity index (χ1n) is 6.94. The standard InChI is InChI=1S/C17H11ClF2N2OS/c1-9-15(10-5-3-2-4-6-10)21-17(24-9)22-16(23)11-7-13(19)14(20)8-12(11)18/h2-8H,1H3,(H,21,22,23). The molecule has 0 fully saturated rings. The van der Waals surface area contributed by atoms with Crippen LogP contribution in [0, 0.1) is 18.6 Å². The van der Waals surface area contributed by atoms with Crippen molar-refractivity contribution in [1.82, 2.24) is 4.98 Å². The molecule has 0 saturated heterocycles. The summed E-state index contributed by atoms with van der Waals surface area (Å²) in [6.07, 6.45) is 0. The molecule has 0 spiro atoms. The van der Waals surface area contributed by atoms with Crippen LogP contribution in [-0.4, -0.2) is 10.9 Å². The molecule has 0 bridgehead atoms. The third-order valence-electron chi connectivity index (χ3n) is 3.32. The number of halogens is 3. The van der Waals surface area contributed by atoms with E-state index in [9.17, 15) is 13.6 Å². The lowest BCUT2D eigenvalue weighted by atomic mass is 10.1. The average molecular weight is 365 g/mol. The Kier molecular flexibility index (Phi) is 4.59. The zero-order valence-electron chi connectivity index (χ0n) is 12.4. The molecule has 0 atom stereocenters. The average Bonchev–Trinajstić information content (AvgIpc) is 2.92. The molecule has 0 radical (unpaired) electrons. The fourth-order valence-electron chi connectivity index (χ4n) is 2.17. The van der Waals surface area contributed by atoms with Gasteiger partial charge in [0.1, 0.15) is 0 Å². The Hall–Kier alpha value is -2.31. The van der Waals surface area contributed by atoms with Crippen molar-refractivity contribution >= 4 is 34.0 Å². The van der Waals surface area contributed by atoms with Crippen LogP contribution >= 0.6 is 22.9 Å². The summed E-state index contributed by atoms with van der Waals surface area (Å²) in [5.74, 6) is -2.88. The topological polar surface area (TPSA) is 42.0 Å². The highest BCUT2D eigenvalue weighted by Crippen LogP contribution is 2.31. The maximum atomic E-state index is 13.3. The van der Waals surface area contributed by atoms with Gasteiger partial charge < -0.3 is 0 Å². The first kappa shape index (κ1) is 16.5. The van der Waals surface area contributed by atoms with Crippen LogP contribution < -0.4 is 5.32 Å². The van der Waals surface area contributed by atoms with Gasteiger partial charge >= 0.3 is 0 Å². The number of nitrogens with zero attached hydrogens (tertiary/aromatic N) is 1. The second kappa shape index (κ2) is 6.67. The summed E-state index contributed by atoms with van der Waals surface area (Å²) in [5, 5.41) is 2.77. The van der Waals surface area contributed by atoms with Crippen molar-refractivity contribution in [2.24, 2.45) is 0 Å². The fraction of sp³-hybridized carbons (Fsp3) is 0.0588. The predicted molar refractivity (Wildman–Crippen MR) is 91.6 cm³/mol. The van der Waals surface area contributed by atoms with Crippen molar-refractivity contribution < 1.29 is 13.6 Å². The smallest absolute Gasteiger partial charge is 0.259 e. The predicted octanol–water partition coefficient (Wildman–Crippen LogP) is 5.30. The number of nitrogens with one attached hydrogen (secondary N) is 1. The van der Waals surface area contributed by atoms with Crippen LogP contribution in [0.2, 0.25) is 5.02 Å². The van der Waals surface area contributed by atoms with E-state index < -0.39 is 17.5 Å². The SMILES string of the molecule is Cc1sc(NC(=O)c2cc(F)c(F)cc2Cl)nc1-c1ccccc1. The van der Waals surface area contributed by atoms with E-state index >= 15 is 0 Å². The van der Waals surface area contributed by atoms with Crippen LogP contribution in [-0.2, 0) is 0 Å². The summed E-state index contributed by atoms with van der Waals surface area (Å²) < 4.78 is 26.4. The second-order valence-corrected chi connectivity index (χ2v) is 6.60. The van der Waals surface area contributed by atoms with Gasteiger partial charge in [-0.05, 0) is 19.1 Å². The Labute approximate surface area is 145 Å². The van der Waals surface area contributed by atoms with Crippen molar-refractivity contribution in [3.05, 3.63) is 69.6 Å². The van der Waals surface area contributed by atoms with Crippen LogP contribution in [0.4, 0.5) is 13.9 Å². The number of rotatable bonds is 3. The Morgan fingerprint density at radius 1 is 1.17 bits per heavy atom. The molecule has 7 heteroatoms. The van der Waals surface area contributed by atoms with Crippen molar-refractivity contribution in [2.75, 3.05) is 5.32 Å². The molecule has 0 aliphatic heterocycles. The minimum Gasteiger partial charge on any atom is -0.298 e. The Balaban J connectivity index is 1.87. The summed E-state index contributed by atoms with van der Waals surface area (Å²) in [6, 6.07) is 11.1. The molecule has 2 aromatic carbocycles. The van der Waals surface area contributed by atoms with E-state index in [0.29, 0.717) is 5.13 Å². The summed E-state index contributed by atoms with van der Waals surface area (Å²) in [5.41, 5.74) is 1.54. The molecule has 3 rings (SSSR count). The van der Waals surface area contributed by atoms with Gasteiger partial charge in [-0.1, -0.05) is 41.9 Å². The minimum atomic E-state index is -1.13. The third kappa shape index (κ3) is 3.29. The number of carbonyl (C=O) groups excluding carboxylic acids is 1. The van der Waals surface area contributed by atoms with E-state index in [2.05, 4.69) is 10.3 Å². The van der Waals surface area contributed by atoms with Gasteiger partial charge in [0.15, 0.2) is 16.8 Å². The van der Waals surface area contributed by atoms with Crippen LogP contribution in [0.1, 0.15) is 15.2 Å². The van der Waals surface area contributed by atoms with Crippen LogP contribution in [0.5, 0.6) is 0 Å². The third-order valence-corrected chi connectivity index (χ3v) is 4.52. The van der Waals surface area contributed by atoms with Gasteiger partial charge in [-0.2, -0.15) is 0 Å². The largest absolute Gasteiger partial charge is 0.298 e. The molecule has 0 saturated carbocycles. The summed E-state index contributed by atoms with van der Waals surface area (Å²) in [6.45, 7) is 1.89. The number of aryl methyl sites for hydroxylation is 1. The molecule has 0 aliphatic rings. The number of amides is 1. The van der Waals surface area contributed by atoms with Gasteiger partial charge in [0.25, 0.3) is 5.91 Å². The molecule has 3 aromatic rings. The van der Waals surface area contributed by atoms with Gasteiger partial charge in [-0.15, -0.1) is 11.3 Å². The van der Waals surface area contributed by atoms with Gasteiger partial charge in [0.05, 0.1) is 16.3 Å². The van der Waals surface area contributed by atoms with Crippen molar-refractivity contribution in [3.8, 4) is 11.3 Å². The van der Waals surface area contributed by atoms with Crippen molar-refractivity contribution in [2.45, 2.75) is 6.92 Å². The number of benzene rings is 2. The number of hydrogen-bond donors (Lipinski definition) is 1. The Morgan fingerprint density at radius 3 is 2.54 bits per heavy atom. The first-order chi connectivity index (χ1) is 11.5. The monoisotopic (exact) mass is 364 g/mol. The lowest BCUT2D eigenvalue weighted by Gasteiger charge is -2.05. The number of thiazole rings is 1. The summed E-state index contributed by atoms with van der Waals surface area (Å²) in [4.78, 5) is 17.6. The Bertz CT molecular complexity index is 912.